The Bertz CT molecular complexity index is 822. The van der Waals surface area contributed by atoms with Crippen molar-refractivity contribution in [1.82, 2.24) is 4.98 Å². The van der Waals surface area contributed by atoms with Gasteiger partial charge in [-0.2, -0.15) is 5.26 Å². The number of anilines is 1. The molecule has 0 radical (unpaired) electrons. The van der Waals surface area contributed by atoms with Gasteiger partial charge in [-0.1, -0.05) is 6.07 Å². The van der Waals surface area contributed by atoms with E-state index in [0.29, 0.717) is 35.7 Å². The van der Waals surface area contributed by atoms with Gasteiger partial charge in [0.25, 0.3) is 0 Å². The molecule has 1 aromatic heterocycles. The standard InChI is InChI=1S/C15H13N3O3S/c16-9-11-4-7-15(17-10-11)21-13-3-1-2-12(8-13)18-22(19,20)14-5-6-14/h1-4,7-8,10,14,18H,5-6H2. The van der Waals surface area contributed by atoms with Gasteiger partial charge in [-0.05, 0) is 31.0 Å². The summed E-state index contributed by atoms with van der Waals surface area (Å²) in [6, 6.07) is 11.8. The van der Waals surface area contributed by atoms with Crippen LogP contribution < -0.4 is 9.46 Å². The molecule has 1 N–H and O–H groups in total. The molecule has 0 unspecified atom stereocenters. The van der Waals surface area contributed by atoms with Crippen LogP contribution in [0.3, 0.4) is 0 Å². The Morgan fingerprint density at radius 3 is 2.73 bits per heavy atom. The minimum atomic E-state index is -3.30. The molecular weight excluding hydrogens is 302 g/mol. The number of ether oxygens (including phenoxy) is 1. The van der Waals surface area contributed by atoms with Gasteiger partial charge in [-0.25, -0.2) is 13.4 Å². The van der Waals surface area contributed by atoms with Crippen molar-refractivity contribution in [2.24, 2.45) is 0 Å². The average molecular weight is 315 g/mol. The van der Waals surface area contributed by atoms with Gasteiger partial charge >= 0.3 is 0 Å². The topological polar surface area (TPSA) is 92.1 Å². The van der Waals surface area contributed by atoms with Crippen LogP contribution in [-0.4, -0.2) is 18.7 Å². The highest BCUT2D eigenvalue weighted by Gasteiger charge is 2.35. The van der Waals surface area contributed by atoms with E-state index in [1.165, 1.54) is 6.20 Å². The Balaban J connectivity index is 1.74. The Hall–Kier alpha value is -2.59. The number of aromatic nitrogens is 1. The third kappa shape index (κ3) is 3.35. The zero-order valence-electron chi connectivity index (χ0n) is 11.6. The van der Waals surface area contributed by atoms with E-state index in [0.717, 1.165) is 0 Å². The van der Waals surface area contributed by atoms with Crippen LogP contribution >= 0.6 is 0 Å². The maximum atomic E-state index is 11.9. The molecule has 22 heavy (non-hydrogen) atoms. The van der Waals surface area contributed by atoms with Gasteiger partial charge in [0.1, 0.15) is 11.8 Å². The van der Waals surface area contributed by atoms with E-state index < -0.39 is 10.0 Å². The van der Waals surface area contributed by atoms with Crippen molar-refractivity contribution in [2.75, 3.05) is 4.72 Å². The summed E-state index contributed by atoms with van der Waals surface area (Å²) >= 11 is 0. The molecule has 0 bridgehead atoms. The second kappa shape index (κ2) is 5.66. The monoisotopic (exact) mass is 315 g/mol. The van der Waals surface area contributed by atoms with Crippen molar-refractivity contribution in [3.63, 3.8) is 0 Å². The Labute approximate surface area is 128 Å². The lowest BCUT2D eigenvalue weighted by Crippen LogP contribution is -2.17. The highest BCUT2D eigenvalue weighted by Crippen LogP contribution is 2.30. The molecule has 1 heterocycles. The third-order valence-corrected chi connectivity index (χ3v) is 5.01. The maximum Gasteiger partial charge on any atom is 0.235 e. The van der Waals surface area contributed by atoms with E-state index in [9.17, 15) is 8.42 Å². The molecule has 1 aromatic carbocycles. The third-order valence-electron chi connectivity index (χ3n) is 3.15. The number of pyridine rings is 1. The lowest BCUT2D eigenvalue weighted by molar-refractivity contribution is 0.463. The minimum absolute atomic E-state index is 0.280. The number of nitriles is 1. The first kappa shape index (κ1) is 14.4. The molecule has 1 aliphatic rings. The summed E-state index contributed by atoms with van der Waals surface area (Å²) in [7, 11) is -3.30. The molecule has 2 aromatic rings. The van der Waals surface area contributed by atoms with E-state index in [2.05, 4.69) is 9.71 Å². The number of hydrogen-bond donors (Lipinski definition) is 1. The molecule has 0 aliphatic heterocycles. The summed E-state index contributed by atoms with van der Waals surface area (Å²) in [6.07, 6.45) is 2.83. The molecule has 3 rings (SSSR count). The van der Waals surface area contributed by atoms with Crippen LogP contribution in [-0.2, 0) is 10.0 Å². The molecule has 0 spiro atoms. The molecule has 1 saturated carbocycles. The van der Waals surface area contributed by atoms with Crippen LogP contribution in [0.5, 0.6) is 11.6 Å². The summed E-state index contributed by atoms with van der Waals surface area (Å²) in [5.41, 5.74) is 0.899. The van der Waals surface area contributed by atoms with Crippen molar-refractivity contribution in [3.8, 4) is 17.7 Å². The zero-order chi connectivity index (χ0) is 15.6. The first-order valence-corrected chi connectivity index (χ1v) is 8.27. The summed E-state index contributed by atoms with van der Waals surface area (Å²) in [6.45, 7) is 0. The highest BCUT2D eigenvalue weighted by atomic mass is 32.2. The summed E-state index contributed by atoms with van der Waals surface area (Å²) in [5.74, 6) is 0.800. The highest BCUT2D eigenvalue weighted by molar-refractivity contribution is 7.93. The number of hydrogen-bond acceptors (Lipinski definition) is 5. The van der Waals surface area contributed by atoms with E-state index in [-0.39, 0.29) is 5.25 Å². The molecule has 112 valence electrons. The molecule has 7 heteroatoms. The van der Waals surface area contributed by atoms with Gasteiger partial charge in [0.05, 0.1) is 16.5 Å². The molecule has 0 amide bonds. The number of nitrogens with one attached hydrogen (secondary N) is 1. The predicted octanol–water partition coefficient (Wildman–Crippen LogP) is 2.65. The van der Waals surface area contributed by atoms with Crippen LogP contribution in [0, 0.1) is 11.3 Å². The van der Waals surface area contributed by atoms with Crippen LogP contribution in [0.1, 0.15) is 18.4 Å². The smallest absolute Gasteiger partial charge is 0.235 e. The van der Waals surface area contributed by atoms with Crippen LogP contribution in [0.2, 0.25) is 0 Å². The molecular formula is C15H13N3O3S. The predicted molar refractivity (Wildman–Crippen MR) is 81.0 cm³/mol. The van der Waals surface area contributed by atoms with Gasteiger partial charge in [-0.15, -0.1) is 0 Å². The van der Waals surface area contributed by atoms with Gasteiger partial charge < -0.3 is 4.74 Å². The van der Waals surface area contributed by atoms with Crippen molar-refractivity contribution in [1.29, 1.82) is 5.26 Å². The lowest BCUT2D eigenvalue weighted by atomic mass is 10.3. The van der Waals surface area contributed by atoms with E-state index in [1.54, 1.807) is 36.4 Å². The molecule has 6 nitrogen and oxygen atoms in total. The number of nitrogens with zero attached hydrogens (tertiary/aromatic N) is 2. The van der Waals surface area contributed by atoms with Gasteiger partial charge in [0.2, 0.25) is 15.9 Å². The largest absolute Gasteiger partial charge is 0.439 e. The maximum absolute atomic E-state index is 11.9. The fraction of sp³-hybridized carbons (Fsp3) is 0.200. The quantitative estimate of drug-likeness (QED) is 0.915. The average Bonchev–Trinajstić information content (AvgIpc) is 3.33. The number of benzene rings is 1. The Morgan fingerprint density at radius 1 is 1.27 bits per heavy atom. The summed E-state index contributed by atoms with van der Waals surface area (Å²) in [5, 5.41) is 8.44. The van der Waals surface area contributed by atoms with Crippen molar-refractivity contribution >= 4 is 15.7 Å². The van der Waals surface area contributed by atoms with Crippen LogP contribution in [0.15, 0.2) is 42.6 Å². The normalized spacial score (nSPS) is 14.1. The summed E-state index contributed by atoms with van der Waals surface area (Å²) < 4.78 is 31.9. The van der Waals surface area contributed by atoms with E-state index >= 15 is 0 Å². The van der Waals surface area contributed by atoms with Crippen molar-refractivity contribution in [3.05, 3.63) is 48.2 Å². The molecule has 1 aliphatic carbocycles. The summed E-state index contributed by atoms with van der Waals surface area (Å²) in [4.78, 5) is 4.00. The van der Waals surface area contributed by atoms with Crippen LogP contribution in [0.4, 0.5) is 5.69 Å². The second-order valence-electron chi connectivity index (χ2n) is 4.97. The van der Waals surface area contributed by atoms with Gasteiger partial charge in [0.15, 0.2) is 0 Å². The van der Waals surface area contributed by atoms with Gasteiger partial charge in [-0.3, -0.25) is 4.72 Å². The van der Waals surface area contributed by atoms with Crippen molar-refractivity contribution < 1.29 is 13.2 Å². The first-order chi connectivity index (χ1) is 10.6. The minimum Gasteiger partial charge on any atom is -0.439 e. The Morgan fingerprint density at radius 2 is 2.09 bits per heavy atom. The van der Waals surface area contributed by atoms with Crippen molar-refractivity contribution in [2.45, 2.75) is 18.1 Å². The Kier molecular flexibility index (Phi) is 3.69. The SMILES string of the molecule is N#Cc1ccc(Oc2cccc(NS(=O)(=O)C3CC3)c2)nc1. The van der Waals surface area contributed by atoms with Gasteiger partial charge in [0, 0.05) is 18.3 Å². The number of rotatable bonds is 5. The molecule has 1 fully saturated rings. The van der Waals surface area contributed by atoms with Crippen LogP contribution in [0.25, 0.3) is 0 Å². The van der Waals surface area contributed by atoms with E-state index in [1.807, 2.05) is 6.07 Å². The molecule has 0 saturated heterocycles. The fourth-order valence-electron chi connectivity index (χ4n) is 1.88. The second-order valence-corrected chi connectivity index (χ2v) is 6.93. The first-order valence-electron chi connectivity index (χ1n) is 6.72. The zero-order valence-corrected chi connectivity index (χ0v) is 12.4. The van der Waals surface area contributed by atoms with E-state index in [4.69, 9.17) is 10.00 Å². The number of sulfonamides is 1. The molecule has 0 atom stereocenters. The lowest BCUT2D eigenvalue weighted by Gasteiger charge is -2.09. The fourth-order valence-corrected chi connectivity index (χ4v) is 3.26.